The first kappa shape index (κ1) is 18.2. The van der Waals surface area contributed by atoms with Crippen molar-refractivity contribution in [3.05, 3.63) is 35.9 Å². The molecule has 2 atom stereocenters. The van der Waals surface area contributed by atoms with E-state index in [1.165, 1.54) is 0 Å². The Morgan fingerprint density at radius 1 is 1.24 bits per heavy atom. The van der Waals surface area contributed by atoms with Crippen LogP contribution in [-0.4, -0.2) is 47.0 Å². The van der Waals surface area contributed by atoms with Gasteiger partial charge in [-0.05, 0) is 24.8 Å². The Kier molecular flexibility index (Phi) is 5.97. The average molecular weight is 347 g/mol. The molecule has 25 heavy (non-hydrogen) atoms. The molecular weight excluding hydrogens is 318 g/mol. The Morgan fingerprint density at radius 3 is 2.56 bits per heavy atom. The van der Waals surface area contributed by atoms with Gasteiger partial charge in [0, 0.05) is 0 Å². The van der Waals surface area contributed by atoms with Gasteiger partial charge in [0.1, 0.15) is 6.61 Å². The monoisotopic (exact) mass is 347 g/mol. The summed E-state index contributed by atoms with van der Waals surface area (Å²) < 4.78 is 11.2. The van der Waals surface area contributed by atoms with Crippen molar-refractivity contribution in [2.45, 2.75) is 69.7 Å². The Morgan fingerprint density at radius 2 is 1.92 bits per heavy atom. The molecular formula is C20H29NO4. The largest absolute Gasteiger partial charge is 0.445 e. The Bertz CT molecular complexity index is 548. The predicted octanol–water partition coefficient (Wildman–Crippen LogP) is 3.50. The average Bonchev–Trinajstić information content (AvgIpc) is 2.60. The maximum Gasteiger partial charge on any atom is 0.410 e. The SMILES string of the molecule is CCCCCC1(O)CC2COCC(C1)N2C(=O)OCc1ccccc1. The lowest BCUT2D eigenvalue weighted by atomic mass is 9.78. The van der Waals surface area contributed by atoms with Crippen molar-refractivity contribution in [2.24, 2.45) is 0 Å². The predicted molar refractivity (Wildman–Crippen MR) is 95.2 cm³/mol. The summed E-state index contributed by atoms with van der Waals surface area (Å²) in [5.41, 5.74) is 0.301. The number of ether oxygens (including phenoxy) is 2. The second-order valence-electron chi connectivity index (χ2n) is 7.38. The van der Waals surface area contributed by atoms with Crippen molar-refractivity contribution in [1.29, 1.82) is 0 Å². The molecule has 2 unspecified atom stereocenters. The van der Waals surface area contributed by atoms with Gasteiger partial charge < -0.3 is 14.6 Å². The zero-order valence-electron chi connectivity index (χ0n) is 15.0. The third kappa shape index (κ3) is 4.53. The van der Waals surface area contributed by atoms with Gasteiger partial charge in [0.15, 0.2) is 0 Å². The quantitative estimate of drug-likeness (QED) is 0.800. The van der Waals surface area contributed by atoms with Crippen LogP contribution in [0.25, 0.3) is 0 Å². The van der Waals surface area contributed by atoms with E-state index in [4.69, 9.17) is 9.47 Å². The Hall–Kier alpha value is -1.59. The van der Waals surface area contributed by atoms with E-state index in [9.17, 15) is 9.90 Å². The fourth-order valence-electron chi connectivity index (χ4n) is 4.07. The zero-order valence-corrected chi connectivity index (χ0v) is 15.0. The van der Waals surface area contributed by atoms with Crippen LogP contribution in [0, 0.1) is 0 Å². The number of carbonyl (C=O) groups excluding carboxylic acids is 1. The van der Waals surface area contributed by atoms with Gasteiger partial charge in [-0.15, -0.1) is 0 Å². The topological polar surface area (TPSA) is 59.0 Å². The summed E-state index contributed by atoms with van der Waals surface area (Å²) in [6, 6.07) is 9.51. The second kappa shape index (κ2) is 8.19. The van der Waals surface area contributed by atoms with Gasteiger partial charge in [-0.25, -0.2) is 4.79 Å². The Balaban J connectivity index is 1.60. The first-order valence-corrected chi connectivity index (χ1v) is 9.40. The zero-order chi connectivity index (χ0) is 17.7. The van der Waals surface area contributed by atoms with E-state index in [-0.39, 0.29) is 24.8 Å². The molecule has 1 N–H and O–H groups in total. The molecule has 5 nitrogen and oxygen atoms in total. The van der Waals surface area contributed by atoms with Crippen LogP contribution in [0.1, 0.15) is 51.0 Å². The lowest BCUT2D eigenvalue weighted by molar-refractivity contribution is -0.136. The van der Waals surface area contributed by atoms with Gasteiger partial charge >= 0.3 is 6.09 Å². The van der Waals surface area contributed by atoms with Crippen LogP contribution in [0.15, 0.2) is 30.3 Å². The molecule has 5 heteroatoms. The molecule has 0 spiro atoms. The number of amides is 1. The molecule has 2 fully saturated rings. The van der Waals surface area contributed by atoms with E-state index in [0.29, 0.717) is 26.1 Å². The van der Waals surface area contributed by atoms with Crippen LogP contribution in [0.4, 0.5) is 4.79 Å². The van der Waals surface area contributed by atoms with Crippen molar-refractivity contribution in [1.82, 2.24) is 4.90 Å². The van der Waals surface area contributed by atoms with Crippen LogP contribution < -0.4 is 0 Å². The number of fused-ring (bicyclic) bond motifs is 2. The summed E-state index contributed by atoms with van der Waals surface area (Å²) in [5.74, 6) is 0. The fraction of sp³-hybridized carbons (Fsp3) is 0.650. The molecule has 3 rings (SSSR count). The van der Waals surface area contributed by atoms with Crippen molar-refractivity contribution in [2.75, 3.05) is 13.2 Å². The van der Waals surface area contributed by atoms with Gasteiger partial charge in [-0.3, -0.25) is 4.90 Å². The lowest BCUT2D eigenvalue weighted by Crippen LogP contribution is -2.63. The molecule has 1 aromatic rings. The summed E-state index contributed by atoms with van der Waals surface area (Å²) in [5, 5.41) is 11.0. The molecule has 2 heterocycles. The number of piperidine rings is 1. The first-order valence-electron chi connectivity index (χ1n) is 9.40. The number of hydrogen-bond acceptors (Lipinski definition) is 4. The highest BCUT2D eigenvalue weighted by Crippen LogP contribution is 2.38. The van der Waals surface area contributed by atoms with E-state index in [2.05, 4.69) is 6.92 Å². The number of morpholine rings is 1. The van der Waals surface area contributed by atoms with Crippen LogP contribution >= 0.6 is 0 Å². The number of unbranched alkanes of at least 4 members (excludes halogenated alkanes) is 2. The highest BCUT2D eigenvalue weighted by molar-refractivity contribution is 5.69. The molecule has 1 aromatic carbocycles. The molecule has 2 bridgehead atoms. The van der Waals surface area contributed by atoms with Crippen molar-refractivity contribution in [3.63, 3.8) is 0 Å². The summed E-state index contributed by atoms with van der Waals surface area (Å²) >= 11 is 0. The molecule has 0 aromatic heterocycles. The lowest BCUT2D eigenvalue weighted by Gasteiger charge is -2.51. The highest BCUT2D eigenvalue weighted by Gasteiger charge is 2.48. The van der Waals surface area contributed by atoms with Crippen LogP contribution in [0.2, 0.25) is 0 Å². The number of aliphatic hydroxyl groups is 1. The normalized spacial score (nSPS) is 28.6. The number of nitrogens with zero attached hydrogens (tertiary/aromatic N) is 1. The summed E-state index contributed by atoms with van der Waals surface area (Å²) in [7, 11) is 0. The first-order chi connectivity index (χ1) is 12.1. The van der Waals surface area contributed by atoms with Gasteiger partial charge in [0.05, 0.1) is 30.9 Å². The summed E-state index contributed by atoms with van der Waals surface area (Å²) in [6.07, 6.45) is 4.98. The van der Waals surface area contributed by atoms with Crippen LogP contribution in [-0.2, 0) is 16.1 Å². The maximum absolute atomic E-state index is 12.6. The molecule has 138 valence electrons. The van der Waals surface area contributed by atoms with Gasteiger partial charge in [0.25, 0.3) is 0 Å². The standard InChI is InChI=1S/C20H29NO4/c1-2-3-7-10-20(23)11-17-14-24-15-18(12-20)21(17)19(22)25-13-16-8-5-4-6-9-16/h4-6,8-9,17-18,23H,2-3,7,10-15H2,1H3. The fourth-order valence-corrected chi connectivity index (χ4v) is 4.07. The van der Waals surface area contributed by atoms with Gasteiger partial charge in [-0.2, -0.15) is 0 Å². The molecule has 0 aliphatic carbocycles. The number of carbonyl (C=O) groups is 1. The van der Waals surface area contributed by atoms with Crippen LogP contribution in [0.5, 0.6) is 0 Å². The molecule has 0 saturated carbocycles. The van der Waals surface area contributed by atoms with E-state index in [1.807, 2.05) is 30.3 Å². The smallest absolute Gasteiger partial charge is 0.410 e. The molecule has 2 aliphatic rings. The molecule has 1 amide bonds. The van der Waals surface area contributed by atoms with E-state index in [1.54, 1.807) is 4.90 Å². The van der Waals surface area contributed by atoms with Crippen molar-refractivity contribution < 1.29 is 19.4 Å². The number of hydrogen-bond donors (Lipinski definition) is 1. The van der Waals surface area contributed by atoms with Crippen molar-refractivity contribution in [3.8, 4) is 0 Å². The van der Waals surface area contributed by atoms with Crippen LogP contribution in [0.3, 0.4) is 0 Å². The number of benzene rings is 1. The highest BCUT2D eigenvalue weighted by atomic mass is 16.6. The van der Waals surface area contributed by atoms with Gasteiger partial charge in [-0.1, -0.05) is 56.5 Å². The third-order valence-electron chi connectivity index (χ3n) is 5.30. The molecule has 2 saturated heterocycles. The summed E-state index contributed by atoms with van der Waals surface area (Å²) in [4.78, 5) is 14.4. The van der Waals surface area contributed by atoms with Gasteiger partial charge in [0.2, 0.25) is 0 Å². The van der Waals surface area contributed by atoms with E-state index >= 15 is 0 Å². The molecule has 0 radical (unpaired) electrons. The van der Waals surface area contributed by atoms with Crippen molar-refractivity contribution >= 4 is 6.09 Å². The Labute approximate surface area is 149 Å². The minimum absolute atomic E-state index is 0.0950. The third-order valence-corrected chi connectivity index (χ3v) is 5.30. The molecule has 2 aliphatic heterocycles. The number of rotatable bonds is 6. The van der Waals surface area contributed by atoms with E-state index in [0.717, 1.165) is 31.2 Å². The minimum atomic E-state index is -0.676. The minimum Gasteiger partial charge on any atom is -0.445 e. The second-order valence-corrected chi connectivity index (χ2v) is 7.38. The van der Waals surface area contributed by atoms with E-state index < -0.39 is 5.60 Å². The summed E-state index contributed by atoms with van der Waals surface area (Å²) in [6.45, 7) is 3.40. The maximum atomic E-state index is 12.6.